The summed E-state index contributed by atoms with van der Waals surface area (Å²) in [6.45, 7) is 15.8. The van der Waals surface area contributed by atoms with Crippen molar-refractivity contribution in [3.05, 3.63) is 0 Å². The summed E-state index contributed by atoms with van der Waals surface area (Å²) in [4.78, 5) is 0. The van der Waals surface area contributed by atoms with E-state index in [1.807, 2.05) is 41.5 Å². The fourth-order valence-corrected chi connectivity index (χ4v) is 11.3. The average Bonchev–Trinajstić information content (AvgIpc) is 2.79. The standard InChI is InChI=1S/C21H50O9Si3/c1-9-24-32(25-10-2,26-11-3)19-16-15-18-30-31(22-7,23-8)20-17-21-33(27-12-4,28-13-5)29-14-6/h9-21H2,1-8H3. The lowest BCUT2D eigenvalue weighted by Crippen LogP contribution is -2.48. The zero-order chi connectivity index (χ0) is 25.1. The highest BCUT2D eigenvalue weighted by Crippen LogP contribution is 2.25. The van der Waals surface area contributed by atoms with Gasteiger partial charge in [0.15, 0.2) is 0 Å². The third kappa shape index (κ3) is 12.7. The van der Waals surface area contributed by atoms with Crippen LogP contribution in [0.5, 0.6) is 0 Å². The van der Waals surface area contributed by atoms with Gasteiger partial charge < -0.3 is 39.8 Å². The van der Waals surface area contributed by atoms with Crippen LogP contribution in [0.25, 0.3) is 0 Å². The average molecular weight is 531 g/mol. The third-order valence-corrected chi connectivity index (χ3v) is 14.1. The molecule has 0 aromatic rings. The van der Waals surface area contributed by atoms with Crippen LogP contribution in [0.3, 0.4) is 0 Å². The molecule has 0 aromatic carbocycles. The second-order valence-electron chi connectivity index (χ2n) is 7.21. The van der Waals surface area contributed by atoms with E-state index < -0.39 is 26.4 Å². The molecular formula is C21H50O9Si3. The van der Waals surface area contributed by atoms with Crippen LogP contribution in [-0.4, -0.2) is 86.9 Å². The number of hydrogen-bond acceptors (Lipinski definition) is 9. The van der Waals surface area contributed by atoms with Crippen molar-refractivity contribution < 1.29 is 39.8 Å². The second-order valence-corrected chi connectivity index (χ2v) is 15.6. The molecule has 0 saturated heterocycles. The zero-order valence-corrected chi connectivity index (χ0v) is 25.4. The Morgan fingerprint density at radius 3 is 1.06 bits per heavy atom. The van der Waals surface area contributed by atoms with Crippen LogP contribution in [0.15, 0.2) is 0 Å². The van der Waals surface area contributed by atoms with Crippen molar-refractivity contribution in [2.24, 2.45) is 0 Å². The molecule has 0 saturated carbocycles. The molecule has 0 aliphatic carbocycles. The number of unbranched alkanes of at least 4 members (excludes halogenated alkanes) is 1. The van der Waals surface area contributed by atoms with Gasteiger partial charge in [-0.25, -0.2) is 0 Å². The predicted molar refractivity (Wildman–Crippen MR) is 135 cm³/mol. The summed E-state index contributed by atoms with van der Waals surface area (Å²) in [7, 11) is -4.77. The quantitative estimate of drug-likeness (QED) is 0.132. The van der Waals surface area contributed by atoms with Gasteiger partial charge in [0.25, 0.3) is 0 Å². The Labute approximate surface area is 205 Å². The normalized spacial score (nSPS) is 13.1. The van der Waals surface area contributed by atoms with Crippen molar-refractivity contribution in [3.63, 3.8) is 0 Å². The fourth-order valence-electron chi connectivity index (χ4n) is 3.67. The topological polar surface area (TPSA) is 83.1 Å². The van der Waals surface area contributed by atoms with E-state index in [0.29, 0.717) is 58.3 Å². The highest BCUT2D eigenvalue weighted by atomic mass is 28.4. The monoisotopic (exact) mass is 530 g/mol. The van der Waals surface area contributed by atoms with E-state index in [0.717, 1.165) is 25.3 Å². The summed E-state index contributed by atoms with van der Waals surface area (Å²) in [6, 6.07) is 2.15. The molecule has 9 nitrogen and oxygen atoms in total. The molecule has 0 atom stereocenters. The maximum Gasteiger partial charge on any atom is 0.500 e. The zero-order valence-electron chi connectivity index (χ0n) is 22.4. The van der Waals surface area contributed by atoms with E-state index in [-0.39, 0.29) is 0 Å². The lowest BCUT2D eigenvalue weighted by atomic mass is 10.4. The van der Waals surface area contributed by atoms with Crippen LogP contribution in [0.4, 0.5) is 0 Å². The minimum absolute atomic E-state index is 0.549. The van der Waals surface area contributed by atoms with Gasteiger partial charge in [-0.05, 0) is 60.8 Å². The summed E-state index contributed by atoms with van der Waals surface area (Å²) in [5.41, 5.74) is 0. The van der Waals surface area contributed by atoms with Gasteiger partial charge in [0.2, 0.25) is 0 Å². The molecule has 0 aliphatic rings. The first-order valence-corrected chi connectivity index (χ1v) is 18.3. The van der Waals surface area contributed by atoms with Crippen molar-refractivity contribution in [2.45, 2.75) is 78.9 Å². The number of rotatable bonds is 24. The first-order valence-electron chi connectivity index (χ1n) is 12.5. The first-order chi connectivity index (χ1) is 15.9. The summed E-state index contributed by atoms with van der Waals surface area (Å²) in [6.07, 6.45) is 2.52. The minimum atomic E-state index is -2.78. The van der Waals surface area contributed by atoms with Crippen LogP contribution < -0.4 is 0 Å². The molecule has 0 spiro atoms. The Morgan fingerprint density at radius 1 is 0.394 bits per heavy atom. The van der Waals surface area contributed by atoms with Gasteiger partial charge in [-0.3, -0.25) is 0 Å². The molecule has 0 bridgehead atoms. The Balaban J connectivity index is 4.79. The maximum atomic E-state index is 6.20. The molecule has 0 N–H and O–H groups in total. The molecular weight excluding hydrogens is 480 g/mol. The molecule has 200 valence electrons. The molecule has 33 heavy (non-hydrogen) atoms. The van der Waals surface area contributed by atoms with Crippen molar-refractivity contribution in [2.75, 3.05) is 60.5 Å². The first kappa shape index (κ1) is 33.3. The van der Waals surface area contributed by atoms with Gasteiger partial charge >= 0.3 is 26.4 Å². The van der Waals surface area contributed by atoms with Crippen LogP contribution >= 0.6 is 0 Å². The second kappa shape index (κ2) is 19.5. The molecule has 0 fully saturated rings. The van der Waals surface area contributed by atoms with Crippen LogP contribution in [0.2, 0.25) is 18.1 Å². The molecule has 0 aromatic heterocycles. The molecule has 0 radical (unpaired) electrons. The van der Waals surface area contributed by atoms with E-state index in [9.17, 15) is 0 Å². The van der Waals surface area contributed by atoms with E-state index in [1.54, 1.807) is 14.2 Å². The van der Waals surface area contributed by atoms with E-state index in [1.165, 1.54) is 0 Å². The van der Waals surface area contributed by atoms with Gasteiger partial charge in [0, 0.05) is 78.6 Å². The minimum Gasteiger partial charge on any atom is -0.377 e. The Kier molecular flexibility index (Phi) is 19.6. The number of hydrogen-bond donors (Lipinski definition) is 0. The van der Waals surface area contributed by atoms with Gasteiger partial charge in [0.1, 0.15) is 0 Å². The smallest absolute Gasteiger partial charge is 0.377 e. The van der Waals surface area contributed by atoms with Gasteiger partial charge in [-0.2, -0.15) is 0 Å². The molecule has 0 aliphatic heterocycles. The van der Waals surface area contributed by atoms with Crippen LogP contribution in [0.1, 0.15) is 60.8 Å². The Hall–Kier alpha value is 0.291. The van der Waals surface area contributed by atoms with E-state index >= 15 is 0 Å². The maximum absolute atomic E-state index is 6.20. The molecule has 0 rings (SSSR count). The van der Waals surface area contributed by atoms with Crippen molar-refractivity contribution >= 4 is 26.4 Å². The van der Waals surface area contributed by atoms with Crippen LogP contribution in [-0.2, 0) is 39.8 Å². The van der Waals surface area contributed by atoms with Crippen LogP contribution in [0, 0.1) is 0 Å². The third-order valence-electron chi connectivity index (χ3n) is 4.97. The van der Waals surface area contributed by atoms with E-state index in [4.69, 9.17) is 39.8 Å². The van der Waals surface area contributed by atoms with Crippen molar-refractivity contribution in [1.29, 1.82) is 0 Å². The molecule has 0 heterocycles. The Bertz CT molecular complexity index is 423. The molecule has 0 unspecified atom stereocenters. The molecule has 12 heteroatoms. The summed E-state index contributed by atoms with van der Waals surface area (Å²) < 4.78 is 53.4. The Morgan fingerprint density at radius 2 is 0.727 bits per heavy atom. The largest absolute Gasteiger partial charge is 0.500 e. The highest BCUT2D eigenvalue weighted by molar-refractivity contribution is 6.62. The van der Waals surface area contributed by atoms with Gasteiger partial charge in [-0.1, -0.05) is 0 Å². The lowest BCUT2D eigenvalue weighted by molar-refractivity contribution is 0.0689. The summed E-state index contributed by atoms with van der Waals surface area (Å²) in [5.74, 6) is 0. The fraction of sp³-hybridized carbons (Fsp3) is 1.00. The van der Waals surface area contributed by atoms with Gasteiger partial charge in [0.05, 0.1) is 0 Å². The highest BCUT2D eigenvalue weighted by Gasteiger charge is 2.44. The predicted octanol–water partition coefficient (Wildman–Crippen LogP) is 4.50. The molecule has 0 amide bonds. The van der Waals surface area contributed by atoms with E-state index in [2.05, 4.69) is 0 Å². The summed E-state index contributed by atoms with van der Waals surface area (Å²) >= 11 is 0. The summed E-state index contributed by atoms with van der Waals surface area (Å²) in [5, 5.41) is 0. The lowest BCUT2D eigenvalue weighted by Gasteiger charge is -2.31. The SMILES string of the molecule is CCO[Si](CCCCO[Si](CCC[Si](OCC)(OCC)OCC)(OC)OC)(OCC)OCC. The van der Waals surface area contributed by atoms with Gasteiger partial charge in [-0.15, -0.1) is 0 Å². The van der Waals surface area contributed by atoms with Crippen molar-refractivity contribution in [1.82, 2.24) is 0 Å². The van der Waals surface area contributed by atoms with Crippen molar-refractivity contribution in [3.8, 4) is 0 Å².